The third-order valence-electron chi connectivity index (χ3n) is 6.12. The van der Waals surface area contributed by atoms with Crippen molar-refractivity contribution >= 4 is 0 Å². The van der Waals surface area contributed by atoms with Crippen LogP contribution in [-0.4, -0.2) is 0 Å². The average Bonchev–Trinajstić information content (AvgIpc) is 2.72. The van der Waals surface area contributed by atoms with Gasteiger partial charge in [-0.05, 0) is 78.7 Å². The van der Waals surface area contributed by atoms with Crippen LogP contribution in [0.4, 0.5) is 8.78 Å². The van der Waals surface area contributed by atoms with Gasteiger partial charge in [-0.2, -0.15) is 8.78 Å². The normalized spacial score (nSPS) is 19.4. The molecule has 1 aliphatic carbocycles. The van der Waals surface area contributed by atoms with Gasteiger partial charge in [-0.3, -0.25) is 0 Å². The van der Waals surface area contributed by atoms with Gasteiger partial charge in [0.1, 0.15) is 0 Å². The summed E-state index contributed by atoms with van der Waals surface area (Å²) >= 11 is 0. The second-order valence-corrected chi connectivity index (χ2v) is 8.20. The highest BCUT2D eigenvalue weighted by molar-refractivity contribution is 5.64. The van der Waals surface area contributed by atoms with E-state index < -0.39 is 6.08 Å². The lowest BCUT2D eigenvalue weighted by atomic mass is 9.78. The second-order valence-electron chi connectivity index (χ2n) is 8.20. The summed E-state index contributed by atoms with van der Waals surface area (Å²) in [7, 11) is 0. The molecule has 0 atom stereocenters. The molecule has 0 radical (unpaired) electrons. The first kappa shape index (κ1) is 20.8. The Bertz CT molecular complexity index is 731. The fourth-order valence-corrected chi connectivity index (χ4v) is 4.36. The molecule has 1 saturated carbocycles. The molecule has 0 spiro atoms. The molecule has 0 aromatic heterocycles. The Morgan fingerprint density at radius 1 is 0.821 bits per heavy atom. The molecule has 0 unspecified atom stereocenters. The van der Waals surface area contributed by atoms with Crippen LogP contribution < -0.4 is 0 Å². The van der Waals surface area contributed by atoms with Gasteiger partial charge >= 0.3 is 0 Å². The largest absolute Gasteiger partial charge is 0.266 e. The van der Waals surface area contributed by atoms with Crippen molar-refractivity contribution in [1.29, 1.82) is 0 Å². The third kappa shape index (κ3) is 6.02. The minimum Gasteiger partial charge on any atom is -0.174 e. The predicted octanol–water partition coefficient (Wildman–Crippen LogP) is 8.53. The van der Waals surface area contributed by atoms with Gasteiger partial charge in [0.05, 0.1) is 0 Å². The first-order chi connectivity index (χ1) is 13.7. The Morgan fingerprint density at radius 2 is 1.43 bits per heavy atom. The summed E-state index contributed by atoms with van der Waals surface area (Å²) < 4.78 is 24.8. The van der Waals surface area contributed by atoms with Crippen LogP contribution in [-0.2, 0) is 6.42 Å². The fraction of sp³-hybridized carbons (Fsp3) is 0.462. The Kier molecular flexibility index (Phi) is 7.82. The molecule has 1 fully saturated rings. The molecule has 150 valence electrons. The maximum atomic E-state index is 12.4. The van der Waals surface area contributed by atoms with Gasteiger partial charge in [0, 0.05) is 0 Å². The topological polar surface area (TPSA) is 0 Å². The number of hydrogen-bond donors (Lipinski definition) is 0. The summed E-state index contributed by atoms with van der Waals surface area (Å²) in [6, 6.07) is 17.8. The van der Waals surface area contributed by atoms with Crippen molar-refractivity contribution in [3.05, 3.63) is 71.8 Å². The molecule has 1 aliphatic rings. The standard InChI is InChI=1S/C26H32F2/c1-2-3-4-5-6-20-7-11-22(12-8-20)24-15-17-25(18-16-24)23-13-9-21(10-14-23)19-26(27)28/h7-8,11-12,15-19,21,23H,2-6,9-10,13-14H2,1H3. The minimum absolute atomic E-state index is 0.0565. The first-order valence-electron chi connectivity index (χ1n) is 10.9. The zero-order valence-electron chi connectivity index (χ0n) is 17.0. The molecule has 2 aromatic carbocycles. The molecule has 3 rings (SSSR count). The first-order valence-corrected chi connectivity index (χ1v) is 10.9. The van der Waals surface area contributed by atoms with Crippen molar-refractivity contribution in [3.63, 3.8) is 0 Å². The van der Waals surface area contributed by atoms with E-state index in [9.17, 15) is 8.78 Å². The molecule has 0 bridgehead atoms. The monoisotopic (exact) mass is 382 g/mol. The van der Waals surface area contributed by atoms with Crippen molar-refractivity contribution in [2.45, 2.75) is 70.6 Å². The van der Waals surface area contributed by atoms with Crippen molar-refractivity contribution in [2.75, 3.05) is 0 Å². The van der Waals surface area contributed by atoms with E-state index in [-0.39, 0.29) is 5.92 Å². The lowest BCUT2D eigenvalue weighted by Crippen LogP contribution is -2.11. The maximum Gasteiger partial charge on any atom is 0.266 e. The van der Waals surface area contributed by atoms with Gasteiger partial charge in [-0.1, -0.05) is 74.7 Å². The third-order valence-corrected chi connectivity index (χ3v) is 6.12. The van der Waals surface area contributed by atoms with E-state index in [2.05, 4.69) is 55.5 Å². The predicted molar refractivity (Wildman–Crippen MR) is 115 cm³/mol. The van der Waals surface area contributed by atoms with E-state index in [1.54, 1.807) is 0 Å². The maximum absolute atomic E-state index is 12.4. The van der Waals surface area contributed by atoms with Crippen LogP contribution in [0.2, 0.25) is 0 Å². The quantitative estimate of drug-likeness (QED) is 0.401. The van der Waals surface area contributed by atoms with E-state index in [4.69, 9.17) is 0 Å². The Labute approximate surface area is 168 Å². The van der Waals surface area contributed by atoms with E-state index in [1.807, 2.05) is 0 Å². The van der Waals surface area contributed by atoms with Gasteiger partial charge in [0.15, 0.2) is 0 Å². The molecule has 0 nitrogen and oxygen atoms in total. The molecule has 2 heteroatoms. The number of hydrogen-bond acceptors (Lipinski definition) is 0. The molecular weight excluding hydrogens is 350 g/mol. The van der Waals surface area contributed by atoms with Crippen molar-refractivity contribution < 1.29 is 8.78 Å². The summed E-state index contributed by atoms with van der Waals surface area (Å²) in [5.41, 5.74) is 5.28. The van der Waals surface area contributed by atoms with E-state index in [0.717, 1.165) is 31.8 Å². The highest BCUT2D eigenvalue weighted by Gasteiger charge is 2.21. The van der Waals surface area contributed by atoms with Crippen molar-refractivity contribution in [1.82, 2.24) is 0 Å². The van der Waals surface area contributed by atoms with Gasteiger partial charge in [-0.15, -0.1) is 0 Å². The molecule has 28 heavy (non-hydrogen) atoms. The Hall–Kier alpha value is -1.96. The van der Waals surface area contributed by atoms with Crippen LogP contribution >= 0.6 is 0 Å². The smallest absolute Gasteiger partial charge is 0.174 e. The van der Waals surface area contributed by atoms with Gasteiger partial charge < -0.3 is 0 Å². The zero-order valence-corrected chi connectivity index (χ0v) is 17.0. The molecule has 0 saturated heterocycles. The number of rotatable bonds is 8. The van der Waals surface area contributed by atoms with Crippen LogP contribution in [0.15, 0.2) is 60.7 Å². The van der Waals surface area contributed by atoms with Gasteiger partial charge in [-0.25, -0.2) is 0 Å². The molecule has 2 aromatic rings. The lowest BCUT2D eigenvalue weighted by Gasteiger charge is -2.27. The minimum atomic E-state index is -1.53. The highest BCUT2D eigenvalue weighted by atomic mass is 19.3. The molecule has 0 heterocycles. The van der Waals surface area contributed by atoms with Crippen LogP contribution in [0.5, 0.6) is 0 Å². The van der Waals surface area contributed by atoms with Gasteiger partial charge in [0.25, 0.3) is 6.08 Å². The summed E-state index contributed by atoms with van der Waals surface area (Å²) in [6.45, 7) is 2.25. The number of allylic oxidation sites excluding steroid dienone is 1. The fourth-order valence-electron chi connectivity index (χ4n) is 4.36. The summed E-state index contributed by atoms with van der Waals surface area (Å²) in [4.78, 5) is 0. The lowest BCUT2D eigenvalue weighted by molar-refractivity contribution is 0.351. The number of aryl methyl sites for hydroxylation is 1. The zero-order chi connectivity index (χ0) is 19.8. The van der Waals surface area contributed by atoms with Crippen LogP contribution in [0.25, 0.3) is 11.1 Å². The summed E-state index contributed by atoms with van der Waals surface area (Å²) in [5, 5.41) is 0. The van der Waals surface area contributed by atoms with E-state index in [0.29, 0.717) is 5.92 Å². The number of halogens is 2. The van der Waals surface area contributed by atoms with Crippen LogP contribution in [0.3, 0.4) is 0 Å². The second kappa shape index (κ2) is 10.5. The van der Waals surface area contributed by atoms with Crippen molar-refractivity contribution in [2.24, 2.45) is 5.92 Å². The number of unbranched alkanes of at least 4 members (excludes halogenated alkanes) is 3. The summed E-state index contributed by atoms with van der Waals surface area (Å²) in [6.07, 6.45) is 9.72. The van der Waals surface area contributed by atoms with Gasteiger partial charge in [0.2, 0.25) is 0 Å². The number of benzene rings is 2. The van der Waals surface area contributed by atoms with Crippen molar-refractivity contribution in [3.8, 4) is 11.1 Å². The van der Waals surface area contributed by atoms with Crippen LogP contribution in [0, 0.1) is 5.92 Å². The SMILES string of the molecule is CCCCCCc1ccc(-c2ccc(C3CCC(C=C(F)F)CC3)cc2)cc1. The Balaban J connectivity index is 1.55. The molecule has 0 amide bonds. The van der Waals surface area contributed by atoms with E-state index >= 15 is 0 Å². The summed E-state index contributed by atoms with van der Waals surface area (Å²) in [5.74, 6) is 0.563. The molecule has 0 N–H and O–H groups in total. The Morgan fingerprint density at radius 3 is 2.00 bits per heavy atom. The molecule has 0 aliphatic heterocycles. The average molecular weight is 383 g/mol. The van der Waals surface area contributed by atoms with E-state index in [1.165, 1.54) is 54.4 Å². The van der Waals surface area contributed by atoms with Crippen LogP contribution in [0.1, 0.15) is 75.3 Å². The highest BCUT2D eigenvalue weighted by Crippen LogP contribution is 2.37. The molecular formula is C26H32F2.